The molecule has 0 aromatic heterocycles. The lowest BCUT2D eigenvalue weighted by molar-refractivity contribution is -0.106. The van der Waals surface area contributed by atoms with E-state index in [0.29, 0.717) is 5.41 Å². The lowest BCUT2D eigenvalue weighted by atomic mass is 9.84. The normalized spacial score (nSPS) is 20.6. The first-order valence-corrected chi connectivity index (χ1v) is 7.74. The van der Waals surface area contributed by atoms with Crippen molar-refractivity contribution in [3.05, 3.63) is 0 Å². The molecule has 0 amide bonds. The summed E-state index contributed by atoms with van der Waals surface area (Å²) in [5, 5.41) is 0. The van der Waals surface area contributed by atoms with E-state index in [2.05, 4.69) is 13.5 Å². The van der Waals surface area contributed by atoms with Crippen molar-refractivity contribution >= 4 is 8.56 Å². The van der Waals surface area contributed by atoms with Crippen molar-refractivity contribution in [3.63, 3.8) is 0 Å². The van der Waals surface area contributed by atoms with Crippen molar-refractivity contribution in [1.29, 1.82) is 0 Å². The zero-order valence-electron chi connectivity index (χ0n) is 9.76. The van der Waals surface area contributed by atoms with Crippen molar-refractivity contribution in [1.82, 2.24) is 0 Å². The van der Waals surface area contributed by atoms with Gasteiger partial charge in [-0.15, -0.1) is 0 Å². The van der Waals surface area contributed by atoms with Crippen LogP contribution in [0.25, 0.3) is 0 Å². The molecule has 0 aliphatic carbocycles. The maximum atomic E-state index is 5.44. The lowest BCUT2D eigenvalue weighted by Gasteiger charge is -2.38. The van der Waals surface area contributed by atoms with Crippen LogP contribution in [0.3, 0.4) is 0 Å². The Hall–Kier alpha value is 0.0969. The third kappa shape index (κ3) is 3.05. The largest absolute Gasteiger partial charge is 0.398 e. The fourth-order valence-corrected chi connectivity index (χ4v) is 3.11. The second-order valence-corrected chi connectivity index (χ2v) is 8.28. The topological polar surface area (TPSA) is 27.7 Å². The van der Waals surface area contributed by atoms with Gasteiger partial charge in [0.25, 0.3) is 0 Å². The molecule has 0 saturated carbocycles. The first kappa shape index (κ1) is 12.2. The number of hydrogen-bond donors (Lipinski definition) is 0. The fourth-order valence-electron chi connectivity index (χ4n) is 1.72. The molecular formula is C10H22O3Si. The average molecular weight is 218 g/mol. The zero-order chi connectivity index (χ0) is 10.7. The van der Waals surface area contributed by atoms with Gasteiger partial charge in [-0.3, -0.25) is 0 Å². The molecule has 0 aromatic carbocycles. The fraction of sp³-hybridized carbons (Fsp3) is 1.00. The summed E-state index contributed by atoms with van der Waals surface area (Å²) in [6, 6.07) is 1.08. The number of ether oxygens (including phenoxy) is 1. The van der Waals surface area contributed by atoms with Gasteiger partial charge in [0.15, 0.2) is 0 Å². The minimum Gasteiger partial charge on any atom is -0.398 e. The maximum absolute atomic E-state index is 5.44. The Balaban J connectivity index is 2.19. The van der Waals surface area contributed by atoms with E-state index in [-0.39, 0.29) is 0 Å². The minimum absolute atomic E-state index is 0.427. The molecule has 0 bridgehead atoms. The van der Waals surface area contributed by atoms with E-state index in [0.717, 1.165) is 19.3 Å². The highest BCUT2D eigenvalue weighted by Crippen LogP contribution is 2.33. The molecule has 0 radical (unpaired) electrons. The first-order valence-electron chi connectivity index (χ1n) is 5.22. The Morgan fingerprint density at radius 1 is 1.29 bits per heavy atom. The third-order valence-electron chi connectivity index (χ3n) is 3.18. The van der Waals surface area contributed by atoms with Crippen molar-refractivity contribution in [3.8, 4) is 0 Å². The van der Waals surface area contributed by atoms with Crippen molar-refractivity contribution < 1.29 is 13.6 Å². The molecule has 1 saturated heterocycles. The summed E-state index contributed by atoms with van der Waals surface area (Å²) in [5.41, 5.74) is 0.427. The van der Waals surface area contributed by atoms with Crippen molar-refractivity contribution in [2.45, 2.75) is 32.4 Å². The molecule has 84 valence electrons. The van der Waals surface area contributed by atoms with Crippen LogP contribution >= 0.6 is 0 Å². The van der Waals surface area contributed by atoms with E-state index in [9.17, 15) is 0 Å². The quantitative estimate of drug-likeness (QED) is 0.640. The van der Waals surface area contributed by atoms with Gasteiger partial charge in [0.05, 0.1) is 13.2 Å². The predicted octanol–water partition coefficient (Wildman–Crippen LogP) is 2.17. The summed E-state index contributed by atoms with van der Waals surface area (Å²) in [6.07, 6.45) is 2.41. The summed E-state index contributed by atoms with van der Waals surface area (Å²) >= 11 is 0. The minimum atomic E-state index is -1.83. The van der Waals surface area contributed by atoms with Gasteiger partial charge in [-0.25, -0.2) is 0 Å². The molecular weight excluding hydrogens is 196 g/mol. The maximum Gasteiger partial charge on any atom is 0.334 e. The van der Waals surface area contributed by atoms with Crippen LogP contribution in [0.1, 0.15) is 19.8 Å². The van der Waals surface area contributed by atoms with Crippen LogP contribution in [-0.4, -0.2) is 36.0 Å². The first-order chi connectivity index (χ1) is 6.54. The van der Waals surface area contributed by atoms with Gasteiger partial charge in [0.2, 0.25) is 0 Å². The van der Waals surface area contributed by atoms with Crippen LogP contribution in [0.15, 0.2) is 0 Å². The van der Waals surface area contributed by atoms with E-state index in [1.54, 1.807) is 14.2 Å². The van der Waals surface area contributed by atoms with E-state index >= 15 is 0 Å². The molecule has 1 heterocycles. The summed E-state index contributed by atoms with van der Waals surface area (Å²) in [6.45, 7) is 6.25. The predicted molar refractivity (Wildman–Crippen MR) is 58.6 cm³/mol. The molecule has 0 unspecified atom stereocenters. The molecule has 1 rings (SSSR count). The summed E-state index contributed by atoms with van der Waals surface area (Å²) in [4.78, 5) is 0. The summed E-state index contributed by atoms with van der Waals surface area (Å²) in [5.74, 6) is 0. The number of hydrogen-bond acceptors (Lipinski definition) is 3. The van der Waals surface area contributed by atoms with Crippen LogP contribution in [0.2, 0.25) is 12.6 Å². The van der Waals surface area contributed by atoms with Crippen LogP contribution in [-0.2, 0) is 13.6 Å². The monoisotopic (exact) mass is 218 g/mol. The molecule has 0 aromatic rings. The van der Waals surface area contributed by atoms with E-state index in [1.807, 2.05) is 0 Å². The standard InChI is InChI=1S/C10H22O3Si/c1-10(8-13-9-10)6-5-7-14(4,11-2)12-3/h5-9H2,1-4H3. The molecule has 0 atom stereocenters. The Morgan fingerprint density at radius 3 is 2.21 bits per heavy atom. The lowest BCUT2D eigenvalue weighted by Crippen LogP contribution is -2.41. The molecule has 1 fully saturated rings. The third-order valence-corrected chi connectivity index (χ3v) is 6.16. The van der Waals surface area contributed by atoms with Gasteiger partial charge >= 0.3 is 8.56 Å². The molecule has 1 aliphatic heterocycles. The average Bonchev–Trinajstić information content (AvgIpc) is 2.15. The molecule has 3 nitrogen and oxygen atoms in total. The SMILES string of the molecule is CO[Si](C)(CCCC1(C)COC1)OC. The Kier molecular flexibility index (Phi) is 4.12. The van der Waals surface area contributed by atoms with Gasteiger partial charge in [0, 0.05) is 19.6 Å². The summed E-state index contributed by atoms with van der Waals surface area (Å²) < 4.78 is 16.1. The van der Waals surface area contributed by atoms with Gasteiger partial charge in [-0.05, 0) is 19.0 Å². The number of rotatable bonds is 6. The molecule has 0 spiro atoms. The second-order valence-electron chi connectivity index (χ2n) is 4.70. The highest BCUT2D eigenvalue weighted by molar-refractivity contribution is 6.65. The highest BCUT2D eigenvalue weighted by atomic mass is 28.4. The van der Waals surface area contributed by atoms with Crippen LogP contribution < -0.4 is 0 Å². The second kappa shape index (κ2) is 4.75. The molecule has 1 aliphatic rings. The Bertz CT molecular complexity index is 176. The van der Waals surface area contributed by atoms with E-state index in [1.165, 1.54) is 12.8 Å². The van der Waals surface area contributed by atoms with Crippen molar-refractivity contribution in [2.24, 2.45) is 5.41 Å². The van der Waals surface area contributed by atoms with Gasteiger partial charge in [0.1, 0.15) is 0 Å². The molecule has 0 N–H and O–H groups in total. The van der Waals surface area contributed by atoms with Crippen LogP contribution in [0.4, 0.5) is 0 Å². The Morgan fingerprint density at radius 2 is 1.86 bits per heavy atom. The smallest absolute Gasteiger partial charge is 0.334 e. The van der Waals surface area contributed by atoms with Crippen LogP contribution in [0, 0.1) is 5.41 Å². The van der Waals surface area contributed by atoms with E-state index in [4.69, 9.17) is 13.6 Å². The highest BCUT2D eigenvalue weighted by Gasteiger charge is 2.35. The van der Waals surface area contributed by atoms with Crippen molar-refractivity contribution in [2.75, 3.05) is 27.4 Å². The van der Waals surface area contributed by atoms with Gasteiger partial charge in [-0.1, -0.05) is 13.3 Å². The zero-order valence-corrected chi connectivity index (χ0v) is 10.8. The van der Waals surface area contributed by atoms with Crippen LogP contribution in [0.5, 0.6) is 0 Å². The van der Waals surface area contributed by atoms with Gasteiger partial charge in [-0.2, -0.15) is 0 Å². The van der Waals surface area contributed by atoms with Gasteiger partial charge < -0.3 is 13.6 Å². The summed E-state index contributed by atoms with van der Waals surface area (Å²) in [7, 11) is 1.68. The molecule has 4 heteroatoms. The molecule has 14 heavy (non-hydrogen) atoms. The van der Waals surface area contributed by atoms with E-state index < -0.39 is 8.56 Å². The Labute approximate surface area is 88.0 Å².